The summed E-state index contributed by atoms with van der Waals surface area (Å²) in [5.41, 5.74) is -0.481. The van der Waals surface area contributed by atoms with Crippen LogP contribution in [-0.2, 0) is 25.7 Å². The molecule has 7 heteroatoms. The lowest BCUT2D eigenvalue weighted by molar-refractivity contribution is -0.384. The fourth-order valence-electron chi connectivity index (χ4n) is 2.41. The number of ether oxygens (including phenoxy) is 2. The summed E-state index contributed by atoms with van der Waals surface area (Å²) in [5, 5.41) is 10.5. The number of nitro groups is 1. The second kappa shape index (κ2) is 4.29. The first kappa shape index (κ1) is 12.6. The molecule has 2 aliphatic rings. The van der Waals surface area contributed by atoms with E-state index in [1.807, 2.05) is 0 Å². The highest BCUT2D eigenvalue weighted by Crippen LogP contribution is 2.58. The van der Waals surface area contributed by atoms with Crippen molar-refractivity contribution < 1.29 is 24.0 Å². The standard InChI is InChI=1S/C13H11NO6/c15-11(13-5-9(13)7-20-12(13)16)19-6-8-1-3-10(4-2-8)14(17)18/h1-4,9H,5-7H2/t9-,13-/m1/s1. The van der Waals surface area contributed by atoms with E-state index in [1.54, 1.807) is 0 Å². The molecule has 0 N–H and O–H groups in total. The van der Waals surface area contributed by atoms with Gasteiger partial charge in [-0.05, 0) is 24.1 Å². The summed E-state index contributed by atoms with van der Waals surface area (Å²) in [5.74, 6) is -1.13. The first-order chi connectivity index (χ1) is 9.54. The molecule has 0 aromatic heterocycles. The molecule has 1 aliphatic carbocycles. The number of nitro benzene ring substituents is 1. The van der Waals surface area contributed by atoms with E-state index >= 15 is 0 Å². The summed E-state index contributed by atoms with van der Waals surface area (Å²) in [6, 6.07) is 5.71. The van der Waals surface area contributed by atoms with Gasteiger partial charge in [0.1, 0.15) is 6.61 Å². The van der Waals surface area contributed by atoms with Crippen LogP contribution >= 0.6 is 0 Å². The number of benzene rings is 1. The Morgan fingerprint density at radius 1 is 1.45 bits per heavy atom. The van der Waals surface area contributed by atoms with Gasteiger partial charge in [-0.2, -0.15) is 0 Å². The summed E-state index contributed by atoms with van der Waals surface area (Å²) in [4.78, 5) is 33.5. The smallest absolute Gasteiger partial charge is 0.324 e. The van der Waals surface area contributed by atoms with E-state index in [4.69, 9.17) is 9.47 Å². The average Bonchev–Trinajstić information content (AvgIpc) is 3.10. The molecule has 1 saturated carbocycles. The van der Waals surface area contributed by atoms with Crippen LogP contribution in [0.25, 0.3) is 0 Å². The minimum absolute atomic E-state index is 0.0153. The monoisotopic (exact) mass is 277 g/mol. The van der Waals surface area contributed by atoms with Gasteiger partial charge in [-0.1, -0.05) is 0 Å². The van der Waals surface area contributed by atoms with Crippen LogP contribution in [0.2, 0.25) is 0 Å². The van der Waals surface area contributed by atoms with Crippen LogP contribution in [0.15, 0.2) is 24.3 Å². The van der Waals surface area contributed by atoms with Gasteiger partial charge in [0.2, 0.25) is 0 Å². The van der Waals surface area contributed by atoms with Crippen LogP contribution in [0, 0.1) is 21.4 Å². The molecule has 3 rings (SSSR count). The molecule has 1 heterocycles. The van der Waals surface area contributed by atoms with Gasteiger partial charge in [0.25, 0.3) is 5.69 Å². The third kappa shape index (κ3) is 1.82. The Morgan fingerprint density at radius 2 is 2.15 bits per heavy atom. The zero-order valence-electron chi connectivity index (χ0n) is 10.4. The van der Waals surface area contributed by atoms with Crippen LogP contribution in [0.5, 0.6) is 0 Å². The fourth-order valence-corrected chi connectivity index (χ4v) is 2.41. The number of cyclic esters (lactones) is 1. The molecule has 1 aromatic rings. The minimum Gasteiger partial charge on any atom is -0.464 e. The van der Waals surface area contributed by atoms with Crippen LogP contribution in [-0.4, -0.2) is 23.5 Å². The molecule has 7 nitrogen and oxygen atoms in total. The average molecular weight is 277 g/mol. The highest BCUT2D eigenvalue weighted by molar-refractivity contribution is 6.05. The molecule has 0 radical (unpaired) electrons. The molecule has 0 unspecified atom stereocenters. The molecule has 20 heavy (non-hydrogen) atoms. The summed E-state index contributed by atoms with van der Waals surface area (Å²) in [6.45, 7) is 0.268. The maximum absolute atomic E-state index is 11.9. The van der Waals surface area contributed by atoms with Gasteiger partial charge < -0.3 is 9.47 Å². The van der Waals surface area contributed by atoms with E-state index < -0.39 is 22.3 Å². The molecule has 0 spiro atoms. The molecule has 1 saturated heterocycles. The van der Waals surface area contributed by atoms with Crippen LogP contribution in [0.1, 0.15) is 12.0 Å². The van der Waals surface area contributed by atoms with Gasteiger partial charge >= 0.3 is 11.9 Å². The van der Waals surface area contributed by atoms with Crippen molar-refractivity contribution in [3.8, 4) is 0 Å². The number of nitrogens with zero attached hydrogens (tertiary/aromatic N) is 1. The topological polar surface area (TPSA) is 95.7 Å². The molecule has 0 amide bonds. The largest absolute Gasteiger partial charge is 0.464 e. The Hall–Kier alpha value is -2.44. The van der Waals surface area contributed by atoms with Crippen molar-refractivity contribution in [2.45, 2.75) is 13.0 Å². The molecule has 1 aliphatic heterocycles. The Kier molecular flexibility index (Phi) is 2.70. The van der Waals surface area contributed by atoms with E-state index in [0.29, 0.717) is 12.0 Å². The van der Waals surface area contributed by atoms with Gasteiger partial charge in [-0.15, -0.1) is 0 Å². The summed E-state index contributed by atoms with van der Waals surface area (Å²) >= 11 is 0. The van der Waals surface area contributed by atoms with Crippen molar-refractivity contribution in [3.63, 3.8) is 0 Å². The lowest BCUT2D eigenvalue weighted by atomic mass is 10.1. The van der Waals surface area contributed by atoms with Crippen LogP contribution in [0.3, 0.4) is 0 Å². The van der Waals surface area contributed by atoms with Crippen molar-refractivity contribution in [1.82, 2.24) is 0 Å². The molecule has 0 bridgehead atoms. The number of non-ortho nitro benzene ring substituents is 1. The highest BCUT2D eigenvalue weighted by atomic mass is 16.6. The van der Waals surface area contributed by atoms with E-state index in [0.717, 1.165) is 0 Å². The fraction of sp³-hybridized carbons (Fsp3) is 0.385. The predicted octanol–water partition coefficient (Wildman–Crippen LogP) is 1.20. The van der Waals surface area contributed by atoms with Gasteiger partial charge in [0.15, 0.2) is 5.41 Å². The first-order valence-corrected chi connectivity index (χ1v) is 6.12. The Bertz CT molecular complexity index is 595. The number of hydrogen-bond acceptors (Lipinski definition) is 6. The maximum Gasteiger partial charge on any atom is 0.324 e. The summed E-state index contributed by atoms with van der Waals surface area (Å²) in [7, 11) is 0. The normalized spacial score (nSPS) is 26.6. The first-order valence-electron chi connectivity index (χ1n) is 6.12. The molecular formula is C13H11NO6. The number of carbonyl (C=O) groups excluding carboxylic acids is 2. The Morgan fingerprint density at radius 3 is 2.65 bits per heavy atom. The lowest BCUT2D eigenvalue weighted by Crippen LogP contribution is -2.26. The number of carbonyl (C=O) groups is 2. The second-order valence-electron chi connectivity index (χ2n) is 4.97. The van der Waals surface area contributed by atoms with Crippen molar-refractivity contribution in [1.29, 1.82) is 0 Å². The van der Waals surface area contributed by atoms with Gasteiger partial charge in [-0.3, -0.25) is 19.7 Å². The van der Waals surface area contributed by atoms with E-state index in [-0.39, 0.29) is 24.8 Å². The number of hydrogen-bond donors (Lipinski definition) is 0. The van der Waals surface area contributed by atoms with Crippen molar-refractivity contribution in [2.24, 2.45) is 11.3 Å². The Labute approximate surface area is 113 Å². The van der Waals surface area contributed by atoms with Crippen molar-refractivity contribution in [3.05, 3.63) is 39.9 Å². The zero-order chi connectivity index (χ0) is 14.3. The van der Waals surface area contributed by atoms with Gasteiger partial charge in [0, 0.05) is 18.1 Å². The second-order valence-corrected chi connectivity index (χ2v) is 4.97. The zero-order valence-corrected chi connectivity index (χ0v) is 10.4. The number of esters is 2. The number of rotatable bonds is 4. The highest BCUT2D eigenvalue weighted by Gasteiger charge is 2.72. The molecule has 1 aromatic carbocycles. The van der Waals surface area contributed by atoms with Crippen molar-refractivity contribution >= 4 is 17.6 Å². The van der Waals surface area contributed by atoms with Crippen LogP contribution < -0.4 is 0 Å². The molecule has 104 valence electrons. The predicted molar refractivity (Wildman–Crippen MR) is 64.4 cm³/mol. The lowest BCUT2D eigenvalue weighted by Gasteiger charge is -2.09. The van der Waals surface area contributed by atoms with Gasteiger partial charge in [0.05, 0.1) is 11.5 Å². The van der Waals surface area contributed by atoms with E-state index in [2.05, 4.69) is 0 Å². The molecule has 2 fully saturated rings. The minimum atomic E-state index is -1.08. The van der Waals surface area contributed by atoms with E-state index in [9.17, 15) is 19.7 Å². The van der Waals surface area contributed by atoms with Crippen molar-refractivity contribution in [2.75, 3.05) is 6.61 Å². The van der Waals surface area contributed by atoms with Crippen LogP contribution in [0.4, 0.5) is 5.69 Å². The molecule has 2 atom stereocenters. The SMILES string of the molecule is O=C(OCc1ccc([N+](=O)[O-])cc1)[C@@]12C[C@@H]1COC2=O. The maximum atomic E-state index is 11.9. The number of fused-ring (bicyclic) bond motifs is 1. The Balaban J connectivity index is 1.61. The molecular weight excluding hydrogens is 266 g/mol. The third-order valence-electron chi connectivity index (χ3n) is 3.77. The van der Waals surface area contributed by atoms with Gasteiger partial charge in [-0.25, -0.2) is 0 Å². The quantitative estimate of drug-likeness (QED) is 0.355. The summed E-state index contributed by atoms with van der Waals surface area (Å²) < 4.78 is 9.94. The van der Waals surface area contributed by atoms with E-state index in [1.165, 1.54) is 24.3 Å². The summed E-state index contributed by atoms with van der Waals surface area (Å²) in [6.07, 6.45) is 0.491. The third-order valence-corrected chi connectivity index (χ3v) is 3.77.